The molecule has 1 aliphatic heterocycles. The van der Waals surface area contributed by atoms with Gasteiger partial charge in [-0.15, -0.1) is 5.10 Å². The molecule has 3 heterocycles. The molecule has 162 valence electrons. The van der Waals surface area contributed by atoms with E-state index >= 15 is 0 Å². The zero-order chi connectivity index (χ0) is 21.8. The second-order valence-electron chi connectivity index (χ2n) is 8.06. The number of quaternary nitrogens is 1. The van der Waals surface area contributed by atoms with Gasteiger partial charge in [0, 0.05) is 23.6 Å². The summed E-state index contributed by atoms with van der Waals surface area (Å²) in [5.74, 6) is 1.15. The van der Waals surface area contributed by atoms with Crippen LogP contribution in [0.15, 0.2) is 79.1 Å². The molecule has 5 rings (SSSR count). The molecule has 2 N–H and O–H groups in total. The summed E-state index contributed by atoms with van der Waals surface area (Å²) in [4.78, 5) is 8.14. The van der Waals surface area contributed by atoms with Crippen LogP contribution in [0.4, 0.5) is 5.69 Å². The molecule has 4 aromatic rings. The monoisotopic (exact) mass is 428 g/mol. The Labute approximate surface area is 186 Å². The van der Waals surface area contributed by atoms with Crippen molar-refractivity contribution in [1.82, 2.24) is 25.2 Å². The highest BCUT2D eigenvalue weighted by molar-refractivity contribution is 5.48. The van der Waals surface area contributed by atoms with Crippen molar-refractivity contribution in [3.8, 4) is 5.75 Å². The minimum Gasteiger partial charge on any atom is -0.508 e. The van der Waals surface area contributed by atoms with Crippen molar-refractivity contribution < 1.29 is 10.0 Å². The highest BCUT2D eigenvalue weighted by atomic mass is 16.3. The molecular formula is C24H26N7O+. The Morgan fingerprint density at radius 1 is 0.938 bits per heavy atom. The summed E-state index contributed by atoms with van der Waals surface area (Å²) in [6.07, 6.45) is 3.72. The lowest BCUT2D eigenvalue weighted by atomic mass is 10.0. The molecule has 0 radical (unpaired) electrons. The first-order chi connectivity index (χ1) is 15.8. The molecule has 2 aromatic carbocycles. The first kappa shape index (κ1) is 20.1. The first-order valence-electron chi connectivity index (χ1n) is 10.9. The van der Waals surface area contributed by atoms with E-state index in [0.717, 1.165) is 48.8 Å². The van der Waals surface area contributed by atoms with Crippen LogP contribution in [-0.2, 0) is 6.54 Å². The molecule has 1 saturated heterocycles. The van der Waals surface area contributed by atoms with Crippen molar-refractivity contribution in [2.45, 2.75) is 12.6 Å². The van der Waals surface area contributed by atoms with Crippen LogP contribution in [0.25, 0.3) is 0 Å². The van der Waals surface area contributed by atoms with E-state index in [1.54, 1.807) is 18.3 Å². The van der Waals surface area contributed by atoms with E-state index < -0.39 is 0 Å². The molecule has 1 atom stereocenters. The van der Waals surface area contributed by atoms with Crippen LogP contribution in [0.2, 0.25) is 0 Å². The molecule has 0 bridgehead atoms. The summed E-state index contributed by atoms with van der Waals surface area (Å²) in [6.45, 7) is 4.35. The maximum atomic E-state index is 9.58. The number of nitrogens with one attached hydrogen (secondary N) is 1. The maximum absolute atomic E-state index is 9.58. The summed E-state index contributed by atoms with van der Waals surface area (Å²) >= 11 is 0. The second kappa shape index (κ2) is 9.15. The highest BCUT2D eigenvalue weighted by Gasteiger charge is 2.34. The molecule has 1 aliphatic rings. The van der Waals surface area contributed by atoms with E-state index in [0.29, 0.717) is 12.3 Å². The summed E-state index contributed by atoms with van der Waals surface area (Å²) in [7, 11) is 0. The van der Waals surface area contributed by atoms with Crippen LogP contribution in [0, 0.1) is 0 Å². The number of rotatable bonds is 6. The topological polar surface area (TPSA) is 84.4 Å². The minimum atomic E-state index is 0.00406. The van der Waals surface area contributed by atoms with Gasteiger partial charge in [-0.3, -0.25) is 4.98 Å². The third-order valence-electron chi connectivity index (χ3n) is 6.04. The van der Waals surface area contributed by atoms with E-state index in [1.807, 2.05) is 47.3 Å². The fourth-order valence-electron chi connectivity index (χ4n) is 4.41. The Kier molecular flexibility index (Phi) is 5.76. The SMILES string of the molecule is Oc1ccc(N2CC[NH+]([C@@H](c3cccnc3)c3nnnn3Cc3ccccc3)CC2)cc1. The van der Waals surface area contributed by atoms with Crippen molar-refractivity contribution in [1.29, 1.82) is 0 Å². The van der Waals surface area contributed by atoms with E-state index in [-0.39, 0.29) is 6.04 Å². The van der Waals surface area contributed by atoms with Crippen LogP contribution in [-0.4, -0.2) is 56.5 Å². The maximum Gasteiger partial charge on any atom is 0.214 e. The lowest BCUT2D eigenvalue weighted by Gasteiger charge is -2.37. The van der Waals surface area contributed by atoms with Crippen molar-refractivity contribution in [2.24, 2.45) is 0 Å². The van der Waals surface area contributed by atoms with Crippen molar-refractivity contribution in [3.63, 3.8) is 0 Å². The summed E-state index contributed by atoms with van der Waals surface area (Å²) in [5, 5.41) is 22.4. The quantitative estimate of drug-likeness (QED) is 0.482. The molecule has 2 aromatic heterocycles. The summed E-state index contributed by atoms with van der Waals surface area (Å²) in [6, 6.07) is 21.8. The van der Waals surface area contributed by atoms with Gasteiger partial charge in [0.15, 0.2) is 6.04 Å². The van der Waals surface area contributed by atoms with Crippen LogP contribution in [0.1, 0.15) is 23.0 Å². The van der Waals surface area contributed by atoms with E-state index in [4.69, 9.17) is 0 Å². The van der Waals surface area contributed by atoms with E-state index in [1.165, 1.54) is 4.90 Å². The fraction of sp³-hybridized carbons (Fsp3) is 0.250. The van der Waals surface area contributed by atoms with Gasteiger partial charge >= 0.3 is 0 Å². The van der Waals surface area contributed by atoms with Gasteiger partial charge in [0.25, 0.3) is 0 Å². The van der Waals surface area contributed by atoms with Gasteiger partial charge in [-0.1, -0.05) is 30.3 Å². The summed E-state index contributed by atoms with van der Waals surface area (Å²) < 4.78 is 1.91. The standard InChI is InChI=1S/C24H25N7O/c32-22-10-8-21(9-11-22)29-13-15-30(16-14-29)23(20-7-4-12-25-17-20)24-26-27-28-31(24)18-19-5-2-1-3-6-19/h1-12,17,23,32H,13-16,18H2/p+1/t23-/m0/s1. The number of phenolic OH excluding ortho intramolecular Hbond substituents is 1. The predicted molar refractivity (Wildman–Crippen MR) is 120 cm³/mol. The van der Waals surface area contributed by atoms with Crippen LogP contribution < -0.4 is 9.80 Å². The van der Waals surface area contributed by atoms with E-state index in [9.17, 15) is 5.11 Å². The number of aromatic hydroxyl groups is 1. The van der Waals surface area contributed by atoms with Crippen molar-refractivity contribution in [3.05, 3.63) is 96.1 Å². The third-order valence-corrected chi connectivity index (χ3v) is 6.04. The van der Waals surface area contributed by atoms with Gasteiger partial charge in [0.05, 0.1) is 32.7 Å². The number of aromatic nitrogens is 5. The Balaban J connectivity index is 1.40. The van der Waals surface area contributed by atoms with Crippen LogP contribution >= 0.6 is 0 Å². The lowest BCUT2D eigenvalue weighted by molar-refractivity contribution is -0.927. The molecule has 8 heteroatoms. The Morgan fingerprint density at radius 2 is 1.72 bits per heavy atom. The molecule has 0 aliphatic carbocycles. The van der Waals surface area contributed by atoms with Gasteiger partial charge < -0.3 is 14.9 Å². The number of hydrogen-bond acceptors (Lipinski definition) is 6. The molecule has 0 amide bonds. The smallest absolute Gasteiger partial charge is 0.214 e. The van der Waals surface area contributed by atoms with Crippen molar-refractivity contribution in [2.75, 3.05) is 31.1 Å². The average molecular weight is 429 g/mol. The zero-order valence-electron chi connectivity index (χ0n) is 17.7. The van der Waals surface area contributed by atoms with Crippen LogP contribution in [0.3, 0.4) is 0 Å². The summed E-state index contributed by atoms with van der Waals surface area (Å²) in [5.41, 5.74) is 3.41. The number of hydrogen-bond donors (Lipinski definition) is 2. The molecule has 8 nitrogen and oxygen atoms in total. The minimum absolute atomic E-state index is 0.00406. The number of anilines is 1. The molecule has 32 heavy (non-hydrogen) atoms. The van der Waals surface area contributed by atoms with Gasteiger partial charge in [0.1, 0.15) is 5.75 Å². The van der Waals surface area contributed by atoms with Crippen molar-refractivity contribution >= 4 is 5.69 Å². The number of pyridine rings is 1. The largest absolute Gasteiger partial charge is 0.508 e. The molecule has 0 saturated carbocycles. The first-order valence-corrected chi connectivity index (χ1v) is 10.9. The molecule has 0 spiro atoms. The fourth-order valence-corrected chi connectivity index (χ4v) is 4.41. The van der Waals surface area contributed by atoms with Gasteiger partial charge in [-0.2, -0.15) is 0 Å². The van der Waals surface area contributed by atoms with E-state index in [2.05, 4.69) is 43.6 Å². The molecule has 0 unspecified atom stereocenters. The Hall–Kier alpha value is -3.78. The predicted octanol–water partition coefficient (Wildman–Crippen LogP) is 1.32. The lowest BCUT2D eigenvalue weighted by Crippen LogP contribution is -3.15. The zero-order valence-corrected chi connectivity index (χ0v) is 17.7. The second-order valence-corrected chi connectivity index (χ2v) is 8.06. The third kappa shape index (κ3) is 4.31. The number of phenols is 1. The number of piperazine rings is 1. The Bertz CT molecular complexity index is 1120. The van der Waals surface area contributed by atoms with Crippen LogP contribution in [0.5, 0.6) is 5.75 Å². The van der Waals surface area contributed by atoms with Gasteiger partial charge in [-0.05, 0) is 52.4 Å². The average Bonchev–Trinajstić information content (AvgIpc) is 3.29. The molecular weight excluding hydrogens is 402 g/mol. The van der Waals surface area contributed by atoms with Gasteiger partial charge in [-0.25, -0.2) is 4.68 Å². The number of benzene rings is 2. The number of nitrogens with zero attached hydrogens (tertiary/aromatic N) is 6. The highest BCUT2D eigenvalue weighted by Crippen LogP contribution is 2.20. The van der Waals surface area contributed by atoms with Gasteiger partial charge in [0.2, 0.25) is 5.82 Å². The number of tetrazole rings is 1. The normalized spacial score (nSPS) is 15.6. The Morgan fingerprint density at radius 3 is 2.44 bits per heavy atom. The molecule has 1 fully saturated rings.